The Morgan fingerprint density at radius 1 is 1.21 bits per heavy atom. The minimum absolute atomic E-state index is 0.113. The quantitative estimate of drug-likeness (QED) is 0.684. The van der Waals surface area contributed by atoms with E-state index in [1.54, 1.807) is 18.7 Å². The lowest BCUT2D eigenvalue weighted by Crippen LogP contribution is -2.46. The predicted molar refractivity (Wildman–Crippen MR) is 106 cm³/mol. The van der Waals surface area contributed by atoms with Crippen LogP contribution in [0.3, 0.4) is 0 Å². The summed E-state index contributed by atoms with van der Waals surface area (Å²) in [5, 5.41) is 19.1. The molecule has 0 radical (unpaired) electrons. The van der Waals surface area contributed by atoms with Gasteiger partial charge >= 0.3 is 0 Å². The molecule has 0 unspecified atom stereocenters. The number of rotatable bonds is 3. The molecule has 1 aliphatic rings. The molecule has 2 aromatic heterocycles. The zero-order valence-corrected chi connectivity index (χ0v) is 16.0. The van der Waals surface area contributed by atoms with Crippen molar-refractivity contribution < 1.29 is 9.90 Å². The Morgan fingerprint density at radius 2 is 1.97 bits per heavy atom. The van der Waals surface area contributed by atoms with Crippen LogP contribution in [0.2, 0.25) is 0 Å². The van der Waals surface area contributed by atoms with Gasteiger partial charge in [-0.3, -0.25) is 14.3 Å². The van der Waals surface area contributed by atoms with E-state index >= 15 is 0 Å². The smallest absolute Gasteiger partial charge is 0.275 e. The van der Waals surface area contributed by atoms with Gasteiger partial charge in [-0.05, 0) is 24.5 Å². The third-order valence-corrected chi connectivity index (χ3v) is 4.96. The van der Waals surface area contributed by atoms with Crippen LogP contribution in [0.4, 0.5) is 0 Å². The number of aromatic nitrogens is 4. The Hall–Kier alpha value is -3.86. The maximum atomic E-state index is 12.6. The number of amides is 1. The topological polar surface area (TPSA) is 93.3 Å². The average molecular weight is 389 g/mol. The monoisotopic (exact) mass is 389 g/mol. The summed E-state index contributed by atoms with van der Waals surface area (Å²) in [5.74, 6) is 4.73. The number of carbonyl (C=O) groups excluding carboxylic acids is 1. The van der Waals surface area contributed by atoms with E-state index in [1.807, 2.05) is 42.6 Å². The van der Waals surface area contributed by atoms with Crippen LogP contribution < -0.4 is 5.43 Å². The van der Waals surface area contributed by atoms with Crippen molar-refractivity contribution in [2.45, 2.75) is 19.0 Å². The predicted octanol–water partition coefficient (Wildman–Crippen LogP) is 1.43. The van der Waals surface area contributed by atoms with Crippen LogP contribution in [-0.2, 0) is 0 Å². The number of likely N-dealkylation sites (N-methyl/N-ethyl adjacent to an activating group) is 1. The number of nitrogens with zero attached hydrogens (tertiary/aromatic N) is 5. The largest absolute Gasteiger partial charge is 0.502 e. The molecule has 0 saturated carbocycles. The van der Waals surface area contributed by atoms with Crippen molar-refractivity contribution >= 4 is 5.91 Å². The van der Waals surface area contributed by atoms with E-state index in [1.165, 1.54) is 9.58 Å². The average Bonchev–Trinajstić information content (AvgIpc) is 3.17. The lowest BCUT2D eigenvalue weighted by Gasteiger charge is -2.37. The van der Waals surface area contributed by atoms with Crippen molar-refractivity contribution in [3.63, 3.8) is 0 Å². The number of aromatic hydroxyl groups is 1. The van der Waals surface area contributed by atoms with Gasteiger partial charge in [0.15, 0.2) is 11.4 Å². The SMILES string of the molecule is CC#Cc1ccn([C@H](c2ccccc2)[C@@H]2CN(C)C(=O)c3c(O)c(=O)cnn32)n1. The zero-order valence-electron chi connectivity index (χ0n) is 16.0. The summed E-state index contributed by atoms with van der Waals surface area (Å²) in [5.41, 5.74) is 0.780. The van der Waals surface area contributed by atoms with E-state index < -0.39 is 23.1 Å². The molecule has 0 bridgehead atoms. The van der Waals surface area contributed by atoms with Gasteiger partial charge in [0.2, 0.25) is 5.43 Å². The van der Waals surface area contributed by atoms with E-state index in [2.05, 4.69) is 22.0 Å². The maximum Gasteiger partial charge on any atom is 0.275 e. The summed E-state index contributed by atoms with van der Waals surface area (Å²) in [4.78, 5) is 26.0. The second-order valence-electron chi connectivity index (χ2n) is 6.82. The first-order chi connectivity index (χ1) is 14.0. The normalized spacial score (nSPS) is 16.7. The molecule has 1 N–H and O–H groups in total. The molecule has 2 atom stereocenters. The third kappa shape index (κ3) is 3.17. The molecular formula is C21H19N5O3. The Labute approximate surface area is 167 Å². The molecule has 0 spiro atoms. The van der Waals surface area contributed by atoms with Crippen molar-refractivity contribution in [3.8, 4) is 17.6 Å². The minimum atomic E-state index is -0.686. The number of hydrogen-bond acceptors (Lipinski definition) is 5. The highest BCUT2D eigenvalue weighted by Gasteiger charge is 2.38. The van der Waals surface area contributed by atoms with Gasteiger partial charge in [-0.2, -0.15) is 10.2 Å². The summed E-state index contributed by atoms with van der Waals surface area (Å²) in [6.45, 7) is 2.07. The highest BCUT2D eigenvalue weighted by atomic mass is 16.3. The van der Waals surface area contributed by atoms with Gasteiger partial charge in [-0.15, -0.1) is 0 Å². The van der Waals surface area contributed by atoms with E-state index in [0.717, 1.165) is 11.8 Å². The molecule has 1 amide bonds. The zero-order chi connectivity index (χ0) is 20.5. The fraction of sp³-hybridized carbons (Fsp3) is 0.238. The fourth-order valence-electron chi connectivity index (χ4n) is 3.65. The highest BCUT2D eigenvalue weighted by molar-refractivity contribution is 5.95. The van der Waals surface area contributed by atoms with E-state index in [9.17, 15) is 14.7 Å². The van der Waals surface area contributed by atoms with Crippen molar-refractivity contribution in [3.05, 3.63) is 76.0 Å². The summed E-state index contributed by atoms with van der Waals surface area (Å²) < 4.78 is 3.22. The van der Waals surface area contributed by atoms with Gasteiger partial charge in [0, 0.05) is 19.8 Å². The fourth-order valence-corrected chi connectivity index (χ4v) is 3.65. The minimum Gasteiger partial charge on any atom is -0.502 e. The molecule has 0 aliphatic carbocycles. The number of carbonyl (C=O) groups is 1. The Kier molecular flexibility index (Phi) is 4.64. The molecule has 4 rings (SSSR count). The summed E-state index contributed by atoms with van der Waals surface area (Å²) in [6, 6.07) is 10.8. The van der Waals surface area contributed by atoms with Crippen molar-refractivity contribution in [1.29, 1.82) is 0 Å². The number of benzene rings is 1. The van der Waals surface area contributed by atoms with Crippen molar-refractivity contribution in [2.24, 2.45) is 0 Å². The second-order valence-corrected chi connectivity index (χ2v) is 6.82. The number of hydrogen-bond donors (Lipinski definition) is 1. The molecule has 3 heterocycles. The first-order valence-corrected chi connectivity index (χ1v) is 9.10. The molecule has 0 fully saturated rings. The summed E-state index contributed by atoms with van der Waals surface area (Å²) in [7, 11) is 1.63. The van der Waals surface area contributed by atoms with Gasteiger partial charge in [-0.25, -0.2) is 4.68 Å². The Bertz CT molecular complexity index is 1190. The summed E-state index contributed by atoms with van der Waals surface area (Å²) >= 11 is 0. The van der Waals surface area contributed by atoms with Gasteiger partial charge in [0.1, 0.15) is 11.7 Å². The van der Waals surface area contributed by atoms with E-state index in [4.69, 9.17) is 0 Å². The molecule has 29 heavy (non-hydrogen) atoms. The molecule has 8 heteroatoms. The van der Waals surface area contributed by atoms with Crippen LogP contribution >= 0.6 is 0 Å². The van der Waals surface area contributed by atoms with Crippen LogP contribution in [0.15, 0.2) is 53.6 Å². The lowest BCUT2D eigenvalue weighted by atomic mass is 9.97. The van der Waals surface area contributed by atoms with Gasteiger partial charge in [0.25, 0.3) is 5.91 Å². The summed E-state index contributed by atoms with van der Waals surface area (Å²) in [6.07, 6.45) is 2.86. The third-order valence-electron chi connectivity index (χ3n) is 4.96. The molecular weight excluding hydrogens is 370 g/mol. The van der Waals surface area contributed by atoms with Crippen LogP contribution in [0.25, 0.3) is 0 Å². The van der Waals surface area contributed by atoms with Gasteiger partial charge in [0.05, 0.1) is 12.2 Å². The molecule has 1 aliphatic heterocycles. The molecule has 146 valence electrons. The number of fused-ring (bicyclic) bond motifs is 1. The highest BCUT2D eigenvalue weighted by Crippen LogP contribution is 2.35. The van der Waals surface area contributed by atoms with Crippen LogP contribution in [0.1, 0.15) is 40.8 Å². The first kappa shape index (κ1) is 18.5. The van der Waals surface area contributed by atoms with Crippen LogP contribution in [-0.4, -0.2) is 49.1 Å². The maximum absolute atomic E-state index is 12.6. The molecule has 3 aromatic rings. The second kappa shape index (κ2) is 7.28. The van der Waals surface area contributed by atoms with Gasteiger partial charge in [-0.1, -0.05) is 36.3 Å². The van der Waals surface area contributed by atoms with Crippen molar-refractivity contribution in [2.75, 3.05) is 13.6 Å². The lowest BCUT2D eigenvalue weighted by molar-refractivity contribution is 0.0667. The Balaban J connectivity index is 1.92. The van der Waals surface area contributed by atoms with Crippen LogP contribution in [0, 0.1) is 11.8 Å². The molecule has 0 saturated heterocycles. The van der Waals surface area contributed by atoms with E-state index in [0.29, 0.717) is 12.2 Å². The molecule has 8 nitrogen and oxygen atoms in total. The van der Waals surface area contributed by atoms with E-state index in [-0.39, 0.29) is 11.7 Å². The van der Waals surface area contributed by atoms with Crippen LogP contribution in [0.5, 0.6) is 5.75 Å². The Morgan fingerprint density at radius 3 is 2.69 bits per heavy atom. The van der Waals surface area contributed by atoms with Crippen molar-refractivity contribution in [1.82, 2.24) is 24.5 Å². The molecule has 1 aromatic carbocycles. The standard InChI is InChI=1S/C21H19N5O3/c1-3-7-15-10-11-25(23-15)18(14-8-5-4-6-9-14)16-13-24(2)21(29)19-20(28)17(27)12-22-26(16)19/h4-6,8-12,16,18,28H,13H2,1-2H3/t16-,18+/m0/s1. The van der Waals surface area contributed by atoms with Gasteiger partial charge < -0.3 is 10.0 Å². The first-order valence-electron chi connectivity index (χ1n) is 9.10.